The van der Waals surface area contributed by atoms with Gasteiger partial charge in [0, 0.05) is 19.5 Å². The number of ether oxygens (including phenoxy) is 2. The highest BCUT2D eigenvalue weighted by atomic mass is 32.1. The van der Waals surface area contributed by atoms with E-state index in [9.17, 15) is 4.79 Å². The van der Waals surface area contributed by atoms with Crippen LogP contribution in [0.4, 0.5) is 0 Å². The fourth-order valence-electron chi connectivity index (χ4n) is 2.99. The molecule has 0 radical (unpaired) electrons. The molecule has 0 fully saturated rings. The maximum absolute atomic E-state index is 12.7. The predicted molar refractivity (Wildman–Crippen MR) is 112 cm³/mol. The quantitative estimate of drug-likeness (QED) is 0.603. The number of carbonyl (C=O) groups excluding carboxylic acids is 1. The van der Waals surface area contributed by atoms with E-state index in [0.29, 0.717) is 13.2 Å². The number of para-hydroxylation sites is 1. The average molecular weight is 394 g/mol. The second-order valence-corrected chi connectivity index (χ2v) is 7.80. The summed E-state index contributed by atoms with van der Waals surface area (Å²) in [5.74, 6) is 1.41. The Morgan fingerprint density at radius 1 is 1.18 bits per heavy atom. The Kier molecular flexibility index (Phi) is 5.30. The van der Waals surface area contributed by atoms with Crippen molar-refractivity contribution in [1.29, 1.82) is 0 Å². The number of hydrogen-bond donors (Lipinski definition) is 0. The molecule has 1 aromatic heterocycles. The first-order valence-electron chi connectivity index (χ1n) is 9.32. The molecule has 1 atom stereocenters. The van der Waals surface area contributed by atoms with Crippen LogP contribution in [0.3, 0.4) is 0 Å². The van der Waals surface area contributed by atoms with E-state index in [0.717, 1.165) is 38.7 Å². The van der Waals surface area contributed by atoms with Gasteiger partial charge in [-0.2, -0.15) is 0 Å². The third-order valence-electron chi connectivity index (χ3n) is 4.79. The van der Waals surface area contributed by atoms with Gasteiger partial charge in [-0.25, -0.2) is 4.98 Å². The Morgan fingerprint density at radius 3 is 2.79 bits per heavy atom. The van der Waals surface area contributed by atoms with Crippen LogP contribution in [-0.4, -0.2) is 36.1 Å². The summed E-state index contributed by atoms with van der Waals surface area (Å²) in [5, 5.41) is 0.932. The molecular weight excluding hydrogens is 372 g/mol. The number of nitrogens with zero attached hydrogens (tertiary/aromatic N) is 2. The van der Waals surface area contributed by atoms with Gasteiger partial charge in [-0.3, -0.25) is 4.79 Å². The zero-order valence-electron chi connectivity index (χ0n) is 15.9. The van der Waals surface area contributed by atoms with E-state index in [2.05, 4.69) is 11.1 Å². The van der Waals surface area contributed by atoms with Gasteiger partial charge in [0.1, 0.15) is 5.01 Å². The minimum absolute atomic E-state index is 0.0705. The summed E-state index contributed by atoms with van der Waals surface area (Å²) in [4.78, 5) is 19.0. The van der Waals surface area contributed by atoms with Gasteiger partial charge in [-0.1, -0.05) is 18.2 Å². The highest BCUT2D eigenvalue weighted by Crippen LogP contribution is 2.31. The normalized spacial score (nSPS) is 14.8. The Labute approximate surface area is 168 Å². The van der Waals surface area contributed by atoms with Gasteiger partial charge in [0.05, 0.1) is 29.5 Å². The molecule has 1 aliphatic heterocycles. The number of aromatic nitrogens is 1. The summed E-state index contributed by atoms with van der Waals surface area (Å²) >= 11 is 1.62. The molecule has 0 aliphatic carbocycles. The van der Waals surface area contributed by atoms with Crippen LogP contribution in [0.2, 0.25) is 0 Å². The van der Waals surface area contributed by atoms with Gasteiger partial charge in [0.15, 0.2) is 11.5 Å². The lowest BCUT2D eigenvalue weighted by molar-refractivity contribution is -0.126. The lowest BCUT2D eigenvalue weighted by Gasteiger charge is -2.21. The molecule has 4 rings (SSSR count). The number of thiazole rings is 1. The van der Waals surface area contributed by atoms with Gasteiger partial charge in [-0.15, -0.1) is 11.3 Å². The fraction of sp³-hybridized carbons (Fsp3) is 0.273. The van der Waals surface area contributed by atoms with Crippen LogP contribution in [0.1, 0.15) is 30.0 Å². The molecule has 0 N–H and O–H groups in total. The predicted octanol–water partition coefficient (Wildman–Crippen LogP) is 4.69. The van der Waals surface area contributed by atoms with Crippen LogP contribution in [0.15, 0.2) is 48.5 Å². The molecule has 2 aromatic carbocycles. The number of benzene rings is 2. The summed E-state index contributed by atoms with van der Waals surface area (Å²) in [6.45, 7) is 3.30. The van der Waals surface area contributed by atoms with Crippen molar-refractivity contribution >= 4 is 33.5 Å². The zero-order chi connectivity index (χ0) is 19.5. The van der Waals surface area contributed by atoms with Crippen molar-refractivity contribution in [3.8, 4) is 11.5 Å². The molecular formula is C22H22N2O3S. The molecule has 3 aromatic rings. The Hall–Kier alpha value is -2.86. The van der Waals surface area contributed by atoms with Crippen molar-refractivity contribution in [2.45, 2.75) is 19.4 Å². The van der Waals surface area contributed by atoms with E-state index >= 15 is 0 Å². The maximum Gasteiger partial charge on any atom is 0.246 e. The fourth-order valence-corrected chi connectivity index (χ4v) is 4.06. The van der Waals surface area contributed by atoms with Crippen molar-refractivity contribution in [3.63, 3.8) is 0 Å². The Morgan fingerprint density at radius 2 is 1.96 bits per heavy atom. The van der Waals surface area contributed by atoms with Crippen LogP contribution >= 0.6 is 11.3 Å². The van der Waals surface area contributed by atoms with Crippen LogP contribution in [0, 0.1) is 0 Å². The van der Waals surface area contributed by atoms with Crippen molar-refractivity contribution in [3.05, 3.63) is 59.1 Å². The minimum atomic E-state index is -0.0988. The summed E-state index contributed by atoms with van der Waals surface area (Å²) in [7, 11) is 1.80. The molecule has 1 unspecified atom stereocenters. The molecule has 0 spiro atoms. The Bertz CT molecular complexity index is 995. The molecule has 5 nitrogen and oxygen atoms in total. The topological polar surface area (TPSA) is 51.7 Å². The van der Waals surface area contributed by atoms with E-state index in [4.69, 9.17) is 9.47 Å². The van der Waals surface area contributed by atoms with E-state index in [1.165, 1.54) is 0 Å². The van der Waals surface area contributed by atoms with Gasteiger partial charge in [0.25, 0.3) is 0 Å². The maximum atomic E-state index is 12.7. The first kappa shape index (κ1) is 18.5. The monoisotopic (exact) mass is 394 g/mol. The largest absolute Gasteiger partial charge is 0.490 e. The van der Waals surface area contributed by atoms with Crippen LogP contribution < -0.4 is 9.47 Å². The van der Waals surface area contributed by atoms with Gasteiger partial charge >= 0.3 is 0 Å². The average Bonchev–Trinajstić information content (AvgIpc) is 3.02. The first-order chi connectivity index (χ1) is 13.6. The SMILES string of the molecule is CC(c1nc2ccccc2s1)N(C)C(=O)C=Cc1ccc2c(c1)OCCCO2. The van der Waals surface area contributed by atoms with E-state index in [1.54, 1.807) is 35.4 Å². The first-order valence-corrected chi connectivity index (χ1v) is 10.1. The highest BCUT2D eigenvalue weighted by molar-refractivity contribution is 7.18. The molecule has 1 amide bonds. The minimum Gasteiger partial charge on any atom is -0.490 e. The number of hydrogen-bond acceptors (Lipinski definition) is 5. The summed E-state index contributed by atoms with van der Waals surface area (Å²) in [6.07, 6.45) is 4.26. The standard InChI is InChI=1S/C22H22N2O3S/c1-15(22-23-17-6-3-4-7-20(17)28-22)24(2)21(25)11-9-16-8-10-18-19(14-16)27-13-5-12-26-18/h3-4,6-11,14-15H,5,12-13H2,1-2H3. The molecule has 0 bridgehead atoms. The van der Waals surface area contributed by atoms with Crippen LogP contribution in [-0.2, 0) is 4.79 Å². The van der Waals surface area contributed by atoms with Gasteiger partial charge in [-0.05, 0) is 42.8 Å². The molecule has 2 heterocycles. The van der Waals surface area contributed by atoms with Crippen molar-refractivity contribution < 1.29 is 14.3 Å². The molecule has 144 valence electrons. The number of likely N-dealkylation sites (N-methyl/N-ethyl adjacent to an activating group) is 1. The van der Waals surface area contributed by atoms with E-state index < -0.39 is 0 Å². The van der Waals surface area contributed by atoms with Crippen molar-refractivity contribution in [2.24, 2.45) is 0 Å². The number of amides is 1. The summed E-state index contributed by atoms with van der Waals surface area (Å²) < 4.78 is 12.5. The lowest BCUT2D eigenvalue weighted by atomic mass is 10.2. The highest BCUT2D eigenvalue weighted by Gasteiger charge is 2.19. The zero-order valence-corrected chi connectivity index (χ0v) is 16.7. The summed E-state index contributed by atoms with van der Waals surface area (Å²) in [5.41, 5.74) is 1.87. The van der Waals surface area contributed by atoms with E-state index in [1.807, 2.05) is 43.3 Å². The molecule has 6 heteroatoms. The second kappa shape index (κ2) is 8.02. The molecule has 0 saturated heterocycles. The van der Waals surface area contributed by atoms with Crippen molar-refractivity contribution in [1.82, 2.24) is 9.88 Å². The number of carbonyl (C=O) groups is 1. The Balaban J connectivity index is 1.47. The second-order valence-electron chi connectivity index (χ2n) is 6.73. The molecule has 0 saturated carbocycles. The smallest absolute Gasteiger partial charge is 0.246 e. The van der Waals surface area contributed by atoms with Crippen LogP contribution in [0.5, 0.6) is 11.5 Å². The molecule has 1 aliphatic rings. The van der Waals surface area contributed by atoms with Gasteiger partial charge in [0.2, 0.25) is 5.91 Å². The third-order valence-corrected chi connectivity index (χ3v) is 5.99. The third kappa shape index (κ3) is 3.87. The van der Waals surface area contributed by atoms with Crippen LogP contribution in [0.25, 0.3) is 16.3 Å². The summed E-state index contributed by atoms with van der Waals surface area (Å²) in [6, 6.07) is 13.6. The van der Waals surface area contributed by atoms with E-state index in [-0.39, 0.29) is 11.9 Å². The number of rotatable bonds is 4. The number of fused-ring (bicyclic) bond motifs is 2. The van der Waals surface area contributed by atoms with Gasteiger partial charge < -0.3 is 14.4 Å². The lowest BCUT2D eigenvalue weighted by Crippen LogP contribution is -2.27. The van der Waals surface area contributed by atoms with Crippen molar-refractivity contribution in [2.75, 3.05) is 20.3 Å². The molecule has 28 heavy (non-hydrogen) atoms.